The minimum atomic E-state index is -3.62. The van der Waals surface area contributed by atoms with Crippen LogP contribution >= 0.6 is 0 Å². The van der Waals surface area contributed by atoms with Crippen molar-refractivity contribution in [2.24, 2.45) is 0 Å². The summed E-state index contributed by atoms with van der Waals surface area (Å²) >= 11 is 0. The monoisotopic (exact) mass is 460 g/mol. The maximum absolute atomic E-state index is 13.4. The van der Waals surface area contributed by atoms with Crippen molar-refractivity contribution in [3.63, 3.8) is 0 Å². The van der Waals surface area contributed by atoms with Gasteiger partial charge in [-0.15, -0.1) is 0 Å². The van der Waals surface area contributed by atoms with Crippen LogP contribution in [0.4, 0.5) is 5.69 Å². The first kappa shape index (κ1) is 22.8. The number of nitrogens with zero attached hydrogens (tertiary/aromatic N) is 1. The number of sulfone groups is 1. The van der Waals surface area contributed by atoms with Gasteiger partial charge in [0.25, 0.3) is 0 Å². The number of anilines is 1. The minimum absolute atomic E-state index is 0.0207. The smallest absolute Gasteiger partial charge is 0.244 e. The van der Waals surface area contributed by atoms with Crippen LogP contribution in [-0.2, 0) is 26.9 Å². The SMILES string of the molecule is Cc1ccc(C)c(CS(=O)(=O)c2cn(CC(=O)Nc3cc(C)ccc3C)c3ccccc23)c1. The number of hydrogen-bond acceptors (Lipinski definition) is 3. The predicted molar refractivity (Wildman–Crippen MR) is 133 cm³/mol. The molecule has 4 aromatic rings. The highest BCUT2D eigenvalue weighted by atomic mass is 32.2. The van der Waals surface area contributed by atoms with E-state index in [1.54, 1.807) is 16.8 Å². The van der Waals surface area contributed by atoms with E-state index in [0.29, 0.717) is 10.9 Å². The number of rotatable bonds is 6. The van der Waals surface area contributed by atoms with Gasteiger partial charge in [-0.25, -0.2) is 8.42 Å². The molecular weight excluding hydrogens is 432 g/mol. The van der Waals surface area contributed by atoms with Crippen molar-refractivity contribution >= 4 is 32.3 Å². The Balaban J connectivity index is 1.67. The third-order valence-electron chi connectivity index (χ3n) is 5.92. The van der Waals surface area contributed by atoms with Crippen molar-refractivity contribution in [1.29, 1.82) is 0 Å². The van der Waals surface area contributed by atoms with Gasteiger partial charge in [0.2, 0.25) is 5.91 Å². The topological polar surface area (TPSA) is 68.2 Å². The Morgan fingerprint density at radius 3 is 2.30 bits per heavy atom. The van der Waals surface area contributed by atoms with E-state index >= 15 is 0 Å². The van der Waals surface area contributed by atoms with Crippen LogP contribution in [0.1, 0.15) is 27.8 Å². The molecule has 0 fully saturated rings. The summed E-state index contributed by atoms with van der Waals surface area (Å²) < 4.78 is 28.6. The summed E-state index contributed by atoms with van der Waals surface area (Å²) in [5.74, 6) is -0.286. The number of fused-ring (bicyclic) bond motifs is 1. The van der Waals surface area contributed by atoms with E-state index in [4.69, 9.17) is 0 Å². The van der Waals surface area contributed by atoms with Crippen molar-refractivity contribution in [1.82, 2.24) is 4.57 Å². The molecule has 33 heavy (non-hydrogen) atoms. The van der Waals surface area contributed by atoms with Crippen molar-refractivity contribution in [2.75, 3.05) is 5.32 Å². The van der Waals surface area contributed by atoms with Crippen molar-refractivity contribution < 1.29 is 13.2 Å². The normalized spacial score (nSPS) is 11.6. The lowest BCUT2D eigenvalue weighted by atomic mass is 10.1. The number of benzene rings is 3. The molecule has 0 atom stereocenters. The average molecular weight is 461 g/mol. The van der Waals surface area contributed by atoms with E-state index in [1.807, 2.05) is 82.3 Å². The molecule has 0 aliphatic rings. The summed E-state index contributed by atoms with van der Waals surface area (Å²) in [7, 11) is -3.62. The molecule has 3 aromatic carbocycles. The fraction of sp³-hybridized carbons (Fsp3) is 0.222. The Morgan fingerprint density at radius 2 is 1.55 bits per heavy atom. The lowest BCUT2D eigenvalue weighted by molar-refractivity contribution is -0.116. The van der Waals surface area contributed by atoms with Gasteiger partial charge in [-0.3, -0.25) is 4.79 Å². The molecule has 4 rings (SSSR count). The number of hydrogen-bond donors (Lipinski definition) is 1. The summed E-state index contributed by atoms with van der Waals surface area (Å²) in [6.07, 6.45) is 1.59. The lowest BCUT2D eigenvalue weighted by Gasteiger charge is -2.10. The van der Waals surface area contributed by atoms with E-state index in [0.717, 1.165) is 33.5 Å². The quantitative estimate of drug-likeness (QED) is 0.414. The second-order valence-corrected chi connectivity index (χ2v) is 10.7. The van der Waals surface area contributed by atoms with Crippen molar-refractivity contribution in [3.05, 3.63) is 94.7 Å². The first-order valence-corrected chi connectivity index (χ1v) is 12.5. The van der Waals surface area contributed by atoms with Crippen LogP contribution in [0.15, 0.2) is 71.8 Å². The van der Waals surface area contributed by atoms with Gasteiger partial charge in [-0.2, -0.15) is 0 Å². The zero-order valence-electron chi connectivity index (χ0n) is 19.3. The number of para-hydroxylation sites is 1. The molecular formula is C27H28N2O3S. The molecule has 0 aliphatic heterocycles. The molecule has 1 aromatic heterocycles. The molecule has 0 saturated carbocycles. The van der Waals surface area contributed by atoms with Gasteiger partial charge < -0.3 is 9.88 Å². The molecule has 0 aliphatic carbocycles. The lowest BCUT2D eigenvalue weighted by Crippen LogP contribution is -2.19. The summed E-state index contributed by atoms with van der Waals surface area (Å²) in [4.78, 5) is 13.1. The van der Waals surface area contributed by atoms with E-state index in [1.165, 1.54) is 0 Å². The van der Waals surface area contributed by atoms with Crippen molar-refractivity contribution in [3.8, 4) is 0 Å². The molecule has 170 valence electrons. The van der Waals surface area contributed by atoms with Gasteiger partial charge in [0.1, 0.15) is 6.54 Å². The zero-order valence-corrected chi connectivity index (χ0v) is 20.2. The van der Waals surface area contributed by atoms with Crippen LogP contribution in [0.2, 0.25) is 0 Å². The molecule has 5 nitrogen and oxygen atoms in total. The third-order valence-corrected chi connectivity index (χ3v) is 7.60. The molecule has 1 heterocycles. The second-order valence-electron chi connectivity index (χ2n) is 8.69. The minimum Gasteiger partial charge on any atom is -0.337 e. The second kappa shape index (κ2) is 8.87. The average Bonchev–Trinajstić information content (AvgIpc) is 3.12. The van der Waals surface area contributed by atoms with E-state index in [9.17, 15) is 13.2 Å². The number of carbonyl (C=O) groups excluding carboxylic acids is 1. The highest BCUT2D eigenvalue weighted by Crippen LogP contribution is 2.29. The molecule has 0 radical (unpaired) electrons. The van der Waals surface area contributed by atoms with Gasteiger partial charge in [-0.05, 0) is 62.1 Å². The highest BCUT2D eigenvalue weighted by Gasteiger charge is 2.23. The van der Waals surface area contributed by atoms with Gasteiger partial charge >= 0.3 is 0 Å². The number of aromatic nitrogens is 1. The zero-order chi connectivity index (χ0) is 23.8. The summed E-state index contributed by atoms with van der Waals surface area (Å²) in [5, 5.41) is 3.58. The Bertz CT molecular complexity index is 1470. The van der Waals surface area contributed by atoms with Gasteiger partial charge in [0.05, 0.1) is 10.6 Å². The Morgan fingerprint density at radius 1 is 0.879 bits per heavy atom. The van der Waals surface area contributed by atoms with Crippen LogP contribution in [-0.4, -0.2) is 18.9 Å². The number of carbonyl (C=O) groups is 1. The largest absolute Gasteiger partial charge is 0.337 e. The number of amides is 1. The molecule has 0 unspecified atom stereocenters. The van der Waals surface area contributed by atoms with Gasteiger partial charge in [0.15, 0.2) is 9.84 Å². The van der Waals surface area contributed by atoms with Crippen LogP contribution in [0.5, 0.6) is 0 Å². The van der Waals surface area contributed by atoms with Crippen LogP contribution in [0.3, 0.4) is 0 Å². The van der Waals surface area contributed by atoms with E-state index in [-0.39, 0.29) is 23.1 Å². The van der Waals surface area contributed by atoms with Crippen LogP contribution in [0.25, 0.3) is 10.9 Å². The number of nitrogens with one attached hydrogen (secondary N) is 1. The molecule has 0 bridgehead atoms. The Labute approximate surface area is 195 Å². The predicted octanol–water partition coefficient (Wildman–Crippen LogP) is 5.49. The standard InChI is InChI=1S/C27H28N2O3S/c1-18-9-11-20(3)22(13-18)17-33(31,32)26-15-29(25-8-6-5-7-23(25)26)16-27(30)28-24-14-19(2)10-12-21(24)4/h5-15H,16-17H2,1-4H3,(H,28,30). The summed E-state index contributed by atoms with van der Waals surface area (Å²) in [6.45, 7) is 7.81. The molecule has 1 N–H and O–H groups in total. The van der Waals surface area contributed by atoms with Crippen LogP contribution < -0.4 is 5.32 Å². The summed E-state index contributed by atoms with van der Waals surface area (Å²) in [6, 6.07) is 19.0. The fourth-order valence-electron chi connectivity index (χ4n) is 4.04. The Hall–Kier alpha value is -3.38. The summed E-state index contributed by atoms with van der Waals surface area (Å²) in [5.41, 5.74) is 6.27. The van der Waals surface area contributed by atoms with Gasteiger partial charge in [-0.1, -0.05) is 54.1 Å². The fourth-order valence-corrected chi connectivity index (χ4v) is 5.72. The molecule has 0 spiro atoms. The van der Waals surface area contributed by atoms with Crippen molar-refractivity contribution in [2.45, 2.75) is 44.9 Å². The third kappa shape index (κ3) is 4.86. The number of aryl methyl sites for hydroxylation is 4. The van der Waals surface area contributed by atoms with E-state index < -0.39 is 9.84 Å². The molecule has 6 heteroatoms. The molecule has 1 amide bonds. The molecule has 0 saturated heterocycles. The maximum Gasteiger partial charge on any atom is 0.244 e. The first-order valence-electron chi connectivity index (χ1n) is 10.9. The van der Waals surface area contributed by atoms with E-state index in [2.05, 4.69) is 5.32 Å². The van der Waals surface area contributed by atoms with Crippen LogP contribution in [0, 0.1) is 27.7 Å². The Kier molecular flexibility index (Phi) is 6.13. The van der Waals surface area contributed by atoms with Gasteiger partial charge in [0, 0.05) is 22.8 Å². The highest BCUT2D eigenvalue weighted by molar-refractivity contribution is 7.90. The maximum atomic E-state index is 13.4. The first-order chi connectivity index (χ1) is 15.6.